The molecule has 0 saturated heterocycles. The predicted molar refractivity (Wildman–Crippen MR) is 116 cm³/mol. The van der Waals surface area contributed by atoms with E-state index in [0.717, 1.165) is 10.6 Å². The Bertz CT molecular complexity index is 915. The van der Waals surface area contributed by atoms with E-state index in [1.807, 2.05) is 12.1 Å². The normalized spacial score (nSPS) is 10.3. The first-order chi connectivity index (χ1) is 14.8. The van der Waals surface area contributed by atoms with Crippen molar-refractivity contribution in [2.45, 2.75) is 27.0 Å². The van der Waals surface area contributed by atoms with Crippen LogP contribution in [0.1, 0.15) is 35.3 Å². The van der Waals surface area contributed by atoms with Gasteiger partial charge in [0, 0.05) is 29.9 Å². The lowest BCUT2D eigenvalue weighted by Gasteiger charge is -2.21. The number of nitrogens with zero attached hydrogens (tertiary/aromatic N) is 1. The topological polar surface area (TPSA) is 123 Å². The quantitative estimate of drug-likeness (QED) is 0.303. The smallest absolute Gasteiger partial charge is 0.315 e. The number of nitrogens with two attached hydrogens (primary N) is 1. The molecule has 9 nitrogen and oxygen atoms in total. The van der Waals surface area contributed by atoms with Gasteiger partial charge in [0.2, 0.25) is 0 Å². The molecule has 2 aromatic carbocycles. The Morgan fingerprint density at radius 2 is 1.77 bits per heavy atom. The molecule has 0 radical (unpaired) electrons. The van der Waals surface area contributed by atoms with Gasteiger partial charge < -0.3 is 21.1 Å². The number of rotatable bonds is 10. The molecule has 4 N–H and O–H groups in total. The van der Waals surface area contributed by atoms with E-state index < -0.39 is 11.9 Å². The van der Waals surface area contributed by atoms with Gasteiger partial charge in [-0.3, -0.25) is 14.4 Å². The number of likely N-dealkylation sites (N-methyl/N-ethyl adjacent to an activating group) is 1. The summed E-state index contributed by atoms with van der Waals surface area (Å²) < 4.78 is 5.29. The summed E-state index contributed by atoms with van der Waals surface area (Å²) in [5.41, 5.74) is 8.31. The number of amides is 3. The zero-order valence-corrected chi connectivity index (χ0v) is 17.9. The molecule has 0 fully saturated rings. The summed E-state index contributed by atoms with van der Waals surface area (Å²) in [5, 5.41) is 6.33. The molecule has 0 aliphatic rings. The summed E-state index contributed by atoms with van der Waals surface area (Å²) in [6.07, 6.45) is 0. The Hall–Kier alpha value is -3.59. The van der Waals surface area contributed by atoms with Crippen molar-refractivity contribution < 1.29 is 24.0 Å². The molecule has 0 aromatic heterocycles. The van der Waals surface area contributed by atoms with Crippen LogP contribution in [0.15, 0.2) is 42.5 Å². The Morgan fingerprint density at radius 3 is 2.39 bits per heavy atom. The molecule has 166 valence electrons. The van der Waals surface area contributed by atoms with Crippen LogP contribution in [0, 0.1) is 0 Å². The maximum atomic E-state index is 12.4. The van der Waals surface area contributed by atoms with Gasteiger partial charge in [0.25, 0.3) is 5.91 Å². The van der Waals surface area contributed by atoms with Gasteiger partial charge in [0.1, 0.15) is 18.9 Å². The minimum Gasteiger partial charge on any atom is -0.496 e. The van der Waals surface area contributed by atoms with Gasteiger partial charge in [0.05, 0.1) is 7.11 Å². The zero-order chi connectivity index (χ0) is 22.8. The molecule has 0 atom stereocenters. The second kappa shape index (κ2) is 11.6. The fourth-order valence-electron chi connectivity index (χ4n) is 2.72. The third kappa shape index (κ3) is 7.31. The first kappa shape index (κ1) is 23.7. The largest absolute Gasteiger partial charge is 0.496 e. The van der Waals surface area contributed by atoms with Crippen LogP contribution in [-0.2, 0) is 22.8 Å². The average molecular weight is 428 g/mol. The molecule has 0 aliphatic heterocycles. The number of hydrogen-bond acceptors (Lipinski definition) is 6. The third-order valence-corrected chi connectivity index (χ3v) is 4.46. The molecule has 9 heteroatoms. The molecule has 0 bridgehead atoms. The molecule has 2 aromatic rings. The number of urea groups is 1. The molecule has 0 aliphatic carbocycles. The fourth-order valence-corrected chi connectivity index (χ4v) is 2.72. The molecule has 31 heavy (non-hydrogen) atoms. The van der Waals surface area contributed by atoms with E-state index in [1.165, 1.54) is 14.0 Å². The van der Waals surface area contributed by atoms with Crippen molar-refractivity contribution in [3.63, 3.8) is 0 Å². The maximum absolute atomic E-state index is 12.4. The lowest BCUT2D eigenvalue weighted by atomic mass is 10.1. The van der Waals surface area contributed by atoms with Crippen LogP contribution in [0.2, 0.25) is 0 Å². The number of ketones is 1. The summed E-state index contributed by atoms with van der Waals surface area (Å²) in [6, 6.07) is 11.7. The number of benzene rings is 2. The Balaban J connectivity index is 1.85. The maximum Gasteiger partial charge on any atom is 0.315 e. The molecular formula is C22H28N4O5. The van der Waals surface area contributed by atoms with Crippen LogP contribution in [0.3, 0.4) is 0 Å². The van der Waals surface area contributed by atoms with Crippen LogP contribution in [-0.4, -0.2) is 43.0 Å². The van der Waals surface area contributed by atoms with Crippen LogP contribution in [0.25, 0.3) is 0 Å². The minimum atomic E-state index is -0.475. The number of carbonyl (C=O) groups excluding carboxylic acids is 3. The lowest BCUT2D eigenvalue weighted by Crippen LogP contribution is -2.43. The van der Waals surface area contributed by atoms with Gasteiger partial charge in [-0.25, -0.2) is 9.86 Å². The van der Waals surface area contributed by atoms with Gasteiger partial charge in [0.15, 0.2) is 5.78 Å². The zero-order valence-electron chi connectivity index (χ0n) is 17.9. The molecule has 0 spiro atoms. The van der Waals surface area contributed by atoms with E-state index >= 15 is 0 Å². The second-order valence-electron chi connectivity index (χ2n) is 6.72. The number of methoxy groups -OCH3 is 1. The summed E-state index contributed by atoms with van der Waals surface area (Å²) in [6.45, 7) is 3.61. The standard InChI is InChI=1S/C22H28N4O5/c1-4-26(31-14-18-11-17(15(2)27)7-10-20(18)30-3)21(28)13-25-22(29)24-12-16-5-8-19(23)9-6-16/h5-11H,4,12-14,23H2,1-3H3,(H2,24,25,29). The van der Waals surface area contributed by atoms with Crippen LogP contribution < -0.4 is 21.1 Å². The van der Waals surface area contributed by atoms with E-state index in [0.29, 0.717) is 29.1 Å². The minimum absolute atomic E-state index is 0.0349. The van der Waals surface area contributed by atoms with Crippen LogP contribution in [0.5, 0.6) is 5.75 Å². The highest BCUT2D eigenvalue weighted by Crippen LogP contribution is 2.21. The third-order valence-electron chi connectivity index (χ3n) is 4.46. The number of Topliss-reactive ketones (excluding diaryl/α,β-unsaturated/α-hetero) is 1. The summed E-state index contributed by atoms with van der Waals surface area (Å²) in [4.78, 5) is 41.6. The van der Waals surface area contributed by atoms with Gasteiger partial charge >= 0.3 is 6.03 Å². The highest BCUT2D eigenvalue weighted by Gasteiger charge is 2.16. The van der Waals surface area contributed by atoms with Crippen molar-refractivity contribution in [3.05, 3.63) is 59.2 Å². The highest BCUT2D eigenvalue weighted by molar-refractivity contribution is 5.94. The van der Waals surface area contributed by atoms with E-state index in [2.05, 4.69) is 10.6 Å². The Morgan fingerprint density at radius 1 is 1.06 bits per heavy atom. The van der Waals surface area contributed by atoms with Gasteiger partial charge in [-0.2, -0.15) is 0 Å². The Kier molecular flexibility index (Phi) is 8.83. The number of carbonyl (C=O) groups is 3. The second-order valence-corrected chi connectivity index (χ2v) is 6.72. The van der Waals surface area contributed by atoms with Crippen LogP contribution >= 0.6 is 0 Å². The number of hydroxylamine groups is 2. The fraction of sp³-hybridized carbons (Fsp3) is 0.318. The SMILES string of the molecule is CCN(OCc1cc(C(C)=O)ccc1OC)C(=O)CNC(=O)NCc1ccc(N)cc1. The summed E-state index contributed by atoms with van der Waals surface area (Å²) in [5.74, 6) is 0.0574. The number of anilines is 1. The van der Waals surface area contributed by atoms with E-state index in [9.17, 15) is 14.4 Å². The van der Waals surface area contributed by atoms with Crippen LogP contribution in [0.4, 0.5) is 10.5 Å². The van der Waals surface area contributed by atoms with Crippen molar-refractivity contribution in [2.75, 3.05) is 25.9 Å². The first-order valence-corrected chi connectivity index (χ1v) is 9.81. The van der Waals surface area contributed by atoms with Crippen molar-refractivity contribution in [1.82, 2.24) is 15.7 Å². The van der Waals surface area contributed by atoms with E-state index in [1.54, 1.807) is 37.3 Å². The van der Waals surface area contributed by atoms with E-state index in [-0.39, 0.29) is 25.5 Å². The van der Waals surface area contributed by atoms with Gasteiger partial charge in [-0.05, 0) is 49.7 Å². The van der Waals surface area contributed by atoms with Gasteiger partial charge in [-0.15, -0.1) is 0 Å². The van der Waals surface area contributed by atoms with E-state index in [4.69, 9.17) is 15.3 Å². The highest BCUT2D eigenvalue weighted by atomic mass is 16.7. The summed E-state index contributed by atoms with van der Waals surface area (Å²) in [7, 11) is 1.52. The number of ether oxygens (including phenoxy) is 1. The van der Waals surface area contributed by atoms with Crippen molar-refractivity contribution in [1.29, 1.82) is 0 Å². The molecular weight excluding hydrogens is 400 g/mol. The molecule has 2 rings (SSSR count). The lowest BCUT2D eigenvalue weighted by molar-refractivity contribution is -0.189. The predicted octanol–water partition coefficient (Wildman–Crippen LogP) is 2.26. The van der Waals surface area contributed by atoms with Crippen molar-refractivity contribution in [2.24, 2.45) is 0 Å². The molecule has 3 amide bonds. The van der Waals surface area contributed by atoms with Crippen molar-refractivity contribution in [3.8, 4) is 5.75 Å². The summed E-state index contributed by atoms with van der Waals surface area (Å²) >= 11 is 0. The van der Waals surface area contributed by atoms with Gasteiger partial charge in [-0.1, -0.05) is 12.1 Å². The first-order valence-electron chi connectivity index (χ1n) is 9.81. The number of nitrogen functional groups attached to an aromatic ring is 1. The molecule has 0 unspecified atom stereocenters. The average Bonchev–Trinajstić information content (AvgIpc) is 2.77. The number of hydrogen-bond donors (Lipinski definition) is 3. The molecule has 0 heterocycles. The number of nitrogens with one attached hydrogen (secondary N) is 2. The van der Waals surface area contributed by atoms with Crippen molar-refractivity contribution >= 4 is 23.4 Å². The molecule has 0 saturated carbocycles. The monoisotopic (exact) mass is 428 g/mol. The Labute approximate surface area is 181 Å².